The molecule has 1 fully saturated rings. The number of hydrogen-bond acceptors (Lipinski definition) is 2. The van der Waals surface area contributed by atoms with Gasteiger partial charge in [0.1, 0.15) is 0 Å². The van der Waals surface area contributed by atoms with E-state index in [4.69, 9.17) is 0 Å². The molecule has 3 nitrogen and oxygen atoms in total. The van der Waals surface area contributed by atoms with E-state index in [0.29, 0.717) is 18.2 Å². The highest BCUT2D eigenvalue weighted by molar-refractivity contribution is 5.76. The number of carbonyl (C=O) groups is 1. The van der Waals surface area contributed by atoms with Crippen molar-refractivity contribution in [2.75, 3.05) is 19.6 Å². The van der Waals surface area contributed by atoms with Crippen molar-refractivity contribution in [1.82, 2.24) is 10.2 Å². The summed E-state index contributed by atoms with van der Waals surface area (Å²) in [5.74, 6) is 0.871. The molecule has 0 atom stereocenters. The first-order valence-corrected chi connectivity index (χ1v) is 7.73. The van der Waals surface area contributed by atoms with Crippen molar-refractivity contribution >= 4 is 5.91 Å². The van der Waals surface area contributed by atoms with E-state index in [2.05, 4.69) is 43.4 Å². The lowest BCUT2D eigenvalue weighted by molar-refractivity contribution is -0.132. The van der Waals surface area contributed by atoms with Crippen LogP contribution in [0.5, 0.6) is 0 Å². The van der Waals surface area contributed by atoms with E-state index in [9.17, 15) is 4.79 Å². The van der Waals surface area contributed by atoms with E-state index >= 15 is 0 Å². The first kappa shape index (κ1) is 15.0. The van der Waals surface area contributed by atoms with Crippen LogP contribution in [0.15, 0.2) is 24.3 Å². The lowest BCUT2D eigenvalue weighted by Gasteiger charge is -2.26. The Morgan fingerprint density at radius 3 is 2.75 bits per heavy atom. The average Bonchev–Trinajstić information content (AvgIpc) is 2.46. The summed E-state index contributed by atoms with van der Waals surface area (Å²) in [6.45, 7) is 7.80. The summed E-state index contributed by atoms with van der Waals surface area (Å²) in [5.41, 5.74) is 2.48. The molecule has 1 aliphatic heterocycles. The Morgan fingerprint density at radius 2 is 2.10 bits per heavy atom. The van der Waals surface area contributed by atoms with E-state index in [0.717, 1.165) is 39.0 Å². The van der Waals surface area contributed by atoms with Crippen LogP contribution in [-0.4, -0.2) is 30.4 Å². The van der Waals surface area contributed by atoms with Crippen molar-refractivity contribution in [1.29, 1.82) is 0 Å². The van der Waals surface area contributed by atoms with E-state index in [1.54, 1.807) is 0 Å². The Balaban J connectivity index is 1.91. The summed E-state index contributed by atoms with van der Waals surface area (Å²) in [6, 6.07) is 8.43. The first-order valence-electron chi connectivity index (χ1n) is 7.73. The Bertz CT molecular complexity index is 438. The molecule has 110 valence electrons. The second-order valence-corrected chi connectivity index (χ2v) is 5.79. The van der Waals surface area contributed by atoms with Gasteiger partial charge in [0.15, 0.2) is 0 Å². The van der Waals surface area contributed by atoms with Crippen molar-refractivity contribution in [3.8, 4) is 0 Å². The number of carbonyl (C=O) groups excluding carboxylic acids is 1. The third-order valence-electron chi connectivity index (χ3n) is 4.11. The summed E-state index contributed by atoms with van der Waals surface area (Å²) in [5, 5.41) is 3.35. The molecule has 1 aromatic carbocycles. The molecule has 1 aliphatic rings. The van der Waals surface area contributed by atoms with Gasteiger partial charge < -0.3 is 10.2 Å². The molecule has 0 saturated carbocycles. The molecule has 0 aliphatic carbocycles. The van der Waals surface area contributed by atoms with Gasteiger partial charge in [0.05, 0.1) is 0 Å². The first-order chi connectivity index (χ1) is 9.69. The zero-order valence-electron chi connectivity index (χ0n) is 12.7. The monoisotopic (exact) mass is 274 g/mol. The molecule has 2 rings (SSSR count). The number of benzene rings is 1. The number of amides is 1. The highest BCUT2D eigenvalue weighted by Crippen LogP contribution is 2.18. The maximum atomic E-state index is 12.4. The van der Waals surface area contributed by atoms with E-state index < -0.39 is 0 Å². The second-order valence-electron chi connectivity index (χ2n) is 5.79. The Labute approximate surface area is 122 Å². The molecular weight excluding hydrogens is 248 g/mol. The molecule has 1 heterocycles. The number of rotatable bonds is 5. The van der Waals surface area contributed by atoms with Gasteiger partial charge in [0, 0.05) is 19.5 Å². The minimum Gasteiger partial charge on any atom is -0.339 e. The lowest BCUT2D eigenvalue weighted by Crippen LogP contribution is -2.35. The van der Waals surface area contributed by atoms with Gasteiger partial charge in [0.2, 0.25) is 5.91 Å². The van der Waals surface area contributed by atoms with E-state index in [1.165, 1.54) is 11.1 Å². The summed E-state index contributed by atoms with van der Waals surface area (Å²) in [7, 11) is 0. The lowest BCUT2D eigenvalue weighted by atomic mass is 9.94. The molecule has 0 aromatic heterocycles. The van der Waals surface area contributed by atoms with E-state index in [1.807, 2.05) is 4.90 Å². The zero-order valence-corrected chi connectivity index (χ0v) is 12.7. The normalized spacial score (nSPS) is 16.1. The van der Waals surface area contributed by atoms with Gasteiger partial charge in [-0.05, 0) is 51.3 Å². The second kappa shape index (κ2) is 7.44. The van der Waals surface area contributed by atoms with Gasteiger partial charge >= 0.3 is 0 Å². The summed E-state index contributed by atoms with van der Waals surface area (Å²) in [6.07, 6.45) is 2.98. The smallest absolute Gasteiger partial charge is 0.223 e. The highest BCUT2D eigenvalue weighted by Gasteiger charge is 2.20. The fourth-order valence-corrected chi connectivity index (χ4v) is 2.87. The summed E-state index contributed by atoms with van der Waals surface area (Å²) >= 11 is 0. The van der Waals surface area contributed by atoms with Crippen molar-refractivity contribution in [2.45, 2.75) is 39.7 Å². The maximum Gasteiger partial charge on any atom is 0.223 e. The fourth-order valence-electron chi connectivity index (χ4n) is 2.87. The van der Waals surface area contributed by atoms with Crippen LogP contribution in [-0.2, 0) is 11.3 Å². The Kier molecular flexibility index (Phi) is 5.60. The van der Waals surface area contributed by atoms with Crippen LogP contribution in [0.4, 0.5) is 0 Å². The quantitative estimate of drug-likeness (QED) is 0.895. The maximum absolute atomic E-state index is 12.4. The third kappa shape index (κ3) is 4.34. The third-order valence-corrected chi connectivity index (χ3v) is 4.11. The number of aryl methyl sites for hydroxylation is 1. The van der Waals surface area contributed by atoms with Gasteiger partial charge in [-0.3, -0.25) is 4.79 Å². The van der Waals surface area contributed by atoms with Crippen LogP contribution >= 0.6 is 0 Å². The van der Waals surface area contributed by atoms with E-state index in [-0.39, 0.29) is 0 Å². The highest BCUT2D eigenvalue weighted by atomic mass is 16.2. The molecular formula is C17H26N2O. The summed E-state index contributed by atoms with van der Waals surface area (Å²) in [4.78, 5) is 14.4. The van der Waals surface area contributed by atoms with Crippen LogP contribution in [0.25, 0.3) is 0 Å². The molecule has 0 spiro atoms. The van der Waals surface area contributed by atoms with Crippen molar-refractivity contribution in [2.24, 2.45) is 5.92 Å². The molecule has 0 unspecified atom stereocenters. The molecule has 1 saturated heterocycles. The van der Waals surface area contributed by atoms with Crippen LogP contribution in [0, 0.1) is 12.8 Å². The summed E-state index contributed by atoms with van der Waals surface area (Å²) < 4.78 is 0. The van der Waals surface area contributed by atoms with Crippen LogP contribution in [0.1, 0.15) is 37.3 Å². The number of nitrogens with one attached hydrogen (secondary N) is 1. The van der Waals surface area contributed by atoms with Crippen molar-refractivity contribution < 1.29 is 4.79 Å². The molecule has 1 amide bonds. The topological polar surface area (TPSA) is 32.3 Å². The molecule has 1 aromatic rings. The predicted molar refractivity (Wildman–Crippen MR) is 82.5 cm³/mol. The largest absolute Gasteiger partial charge is 0.339 e. The SMILES string of the molecule is CCN(Cc1cccc(C)c1)C(=O)CC1CCNCC1. The van der Waals surface area contributed by atoms with Crippen LogP contribution in [0.2, 0.25) is 0 Å². The standard InChI is InChI=1S/C17H26N2O/c1-3-19(13-16-6-4-5-14(2)11-16)17(20)12-15-7-9-18-10-8-15/h4-6,11,15,18H,3,7-10,12-13H2,1-2H3. The van der Waals surface area contributed by atoms with Gasteiger partial charge in [-0.1, -0.05) is 29.8 Å². The molecule has 3 heteroatoms. The molecule has 20 heavy (non-hydrogen) atoms. The number of piperidine rings is 1. The number of hydrogen-bond donors (Lipinski definition) is 1. The molecule has 1 N–H and O–H groups in total. The predicted octanol–water partition coefficient (Wildman–Crippen LogP) is 2.73. The average molecular weight is 274 g/mol. The number of nitrogens with zero attached hydrogens (tertiary/aromatic N) is 1. The van der Waals surface area contributed by atoms with Gasteiger partial charge in [0.25, 0.3) is 0 Å². The minimum atomic E-state index is 0.306. The molecule has 0 bridgehead atoms. The van der Waals surface area contributed by atoms with Crippen LogP contribution in [0.3, 0.4) is 0 Å². The van der Waals surface area contributed by atoms with Crippen molar-refractivity contribution in [3.05, 3.63) is 35.4 Å². The fraction of sp³-hybridized carbons (Fsp3) is 0.588. The Hall–Kier alpha value is -1.35. The minimum absolute atomic E-state index is 0.306. The molecule has 0 radical (unpaired) electrons. The van der Waals surface area contributed by atoms with Crippen molar-refractivity contribution in [3.63, 3.8) is 0 Å². The van der Waals surface area contributed by atoms with Gasteiger partial charge in [-0.25, -0.2) is 0 Å². The Morgan fingerprint density at radius 1 is 1.35 bits per heavy atom. The van der Waals surface area contributed by atoms with Crippen LogP contribution < -0.4 is 5.32 Å². The van der Waals surface area contributed by atoms with Gasteiger partial charge in [-0.15, -0.1) is 0 Å². The van der Waals surface area contributed by atoms with Gasteiger partial charge in [-0.2, -0.15) is 0 Å². The zero-order chi connectivity index (χ0) is 14.4.